The van der Waals surface area contributed by atoms with Crippen molar-refractivity contribution in [2.75, 3.05) is 14.2 Å². The van der Waals surface area contributed by atoms with E-state index in [0.717, 1.165) is 10.9 Å². The van der Waals surface area contributed by atoms with Crippen LogP contribution < -0.4 is 9.47 Å². The van der Waals surface area contributed by atoms with Crippen molar-refractivity contribution in [2.24, 2.45) is 0 Å². The Hall–Kier alpha value is -1.97. The highest BCUT2D eigenvalue weighted by atomic mass is 16.5. The molecule has 2 aromatic rings. The summed E-state index contributed by atoms with van der Waals surface area (Å²) in [5, 5.41) is 0.773. The molecule has 4 nitrogen and oxygen atoms in total. The Morgan fingerprint density at radius 3 is 2.56 bits per heavy atom. The molecule has 1 N–H and O–H groups in total. The lowest BCUT2D eigenvalue weighted by Crippen LogP contribution is -1.94. The summed E-state index contributed by atoms with van der Waals surface area (Å²) >= 11 is 0. The molecule has 0 aliphatic carbocycles. The molecule has 84 valence electrons. The monoisotopic (exact) mass is 219 g/mol. The highest BCUT2D eigenvalue weighted by Gasteiger charge is 2.16. The van der Waals surface area contributed by atoms with Gasteiger partial charge in [0.25, 0.3) is 0 Å². The van der Waals surface area contributed by atoms with Crippen LogP contribution in [0.25, 0.3) is 10.9 Å². The maximum absolute atomic E-state index is 11.5. The molecule has 4 heteroatoms. The maximum atomic E-state index is 11.5. The van der Waals surface area contributed by atoms with Gasteiger partial charge in [-0.15, -0.1) is 0 Å². The first-order valence-electron chi connectivity index (χ1n) is 4.92. The Bertz CT molecular complexity index is 542. The van der Waals surface area contributed by atoms with Gasteiger partial charge >= 0.3 is 0 Å². The first-order chi connectivity index (χ1) is 7.69. The van der Waals surface area contributed by atoms with Crippen LogP contribution in [0.15, 0.2) is 18.3 Å². The number of methoxy groups -OCH3 is 2. The van der Waals surface area contributed by atoms with Crippen LogP contribution in [-0.4, -0.2) is 25.0 Å². The van der Waals surface area contributed by atoms with Crippen LogP contribution in [0.5, 0.6) is 11.5 Å². The second-order valence-electron chi connectivity index (χ2n) is 3.48. The van der Waals surface area contributed by atoms with Crippen molar-refractivity contribution in [3.63, 3.8) is 0 Å². The molecule has 0 aliphatic heterocycles. The zero-order valence-corrected chi connectivity index (χ0v) is 9.46. The van der Waals surface area contributed by atoms with Gasteiger partial charge in [0.1, 0.15) is 0 Å². The van der Waals surface area contributed by atoms with E-state index in [2.05, 4.69) is 4.98 Å². The van der Waals surface area contributed by atoms with Gasteiger partial charge in [-0.25, -0.2) is 0 Å². The number of carbonyl (C=O) groups is 1. The lowest BCUT2D eigenvalue weighted by Gasteiger charge is -2.09. The summed E-state index contributed by atoms with van der Waals surface area (Å²) in [5.74, 6) is 1.21. The van der Waals surface area contributed by atoms with Crippen LogP contribution in [0.4, 0.5) is 0 Å². The standard InChI is InChI=1S/C12H13NO3/c1-7(14)8-6-13-9-4-5-10(15-2)12(16-3)11(8)9/h4-6,13H,1-3H3. The minimum atomic E-state index is -0.00203. The normalized spacial score (nSPS) is 10.4. The quantitative estimate of drug-likeness (QED) is 0.806. The van der Waals surface area contributed by atoms with E-state index in [0.29, 0.717) is 17.1 Å². The Labute approximate surface area is 93.2 Å². The lowest BCUT2D eigenvalue weighted by molar-refractivity contribution is 0.101. The molecular formula is C12H13NO3. The summed E-state index contributed by atoms with van der Waals surface area (Å²) in [6.45, 7) is 1.53. The van der Waals surface area contributed by atoms with Crippen LogP contribution in [0.2, 0.25) is 0 Å². The van der Waals surface area contributed by atoms with Gasteiger partial charge in [-0.3, -0.25) is 4.79 Å². The molecule has 0 amide bonds. The van der Waals surface area contributed by atoms with Crippen LogP contribution in [0.1, 0.15) is 17.3 Å². The van der Waals surface area contributed by atoms with Crippen LogP contribution in [-0.2, 0) is 0 Å². The predicted molar refractivity (Wildman–Crippen MR) is 61.4 cm³/mol. The molecule has 0 atom stereocenters. The van der Waals surface area contributed by atoms with Crippen LogP contribution in [0, 0.1) is 0 Å². The average Bonchev–Trinajstić information content (AvgIpc) is 2.71. The number of hydrogen-bond acceptors (Lipinski definition) is 3. The molecule has 1 aromatic heterocycles. The van der Waals surface area contributed by atoms with E-state index in [-0.39, 0.29) is 5.78 Å². The summed E-state index contributed by atoms with van der Waals surface area (Å²) in [7, 11) is 3.14. The molecule has 1 heterocycles. The SMILES string of the molecule is COc1ccc2[nH]cc(C(C)=O)c2c1OC. The summed E-state index contributed by atoms with van der Waals surface area (Å²) in [5.41, 5.74) is 1.48. The van der Waals surface area contributed by atoms with Gasteiger partial charge in [0.15, 0.2) is 17.3 Å². The summed E-state index contributed by atoms with van der Waals surface area (Å²) in [4.78, 5) is 14.5. The van der Waals surface area contributed by atoms with Gasteiger partial charge in [0, 0.05) is 11.8 Å². The van der Waals surface area contributed by atoms with E-state index in [1.165, 1.54) is 6.92 Å². The lowest BCUT2D eigenvalue weighted by atomic mass is 10.1. The second-order valence-corrected chi connectivity index (χ2v) is 3.48. The molecule has 1 aromatic carbocycles. The van der Waals surface area contributed by atoms with Gasteiger partial charge < -0.3 is 14.5 Å². The van der Waals surface area contributed by atoms with E-state index in [1.54, 1.807) is 20.4 Å². The third kappa shape index (κ3) is 1.43. The number of Topliss-reactive ketones (excluding diaryl/α,β-unsaturated/α-hetero) is 1. The van der Waals surface area contributed by atoms with Crippen LogP contribution in [0.3, 0.4) is 0 Å². The summed E-state index contributed by atoms with van der Waals surface area (Å²) in [6.07, 6.45) is 1.69. The fourth-order valence-electron chi connectivity index (χ4n) is 1.81. The van der Waals surface area contributed by atoms with E-state index in [1.807, 2.05) is 12.1 Å². The molecular weight excluding hydrogens is 206 g/mol. The number of nitrogens with one attached hydrogen (secondary N) is 1. The molecule has 16 heavy (non-hydrogen) atoms. The molecule has 0 saturated heterocycles. The van der Waals surface area contributed by atoms with Crippen LogP contribution >= 0.6 is 0 Å². The van der Waals surface area contributed by atoms with Gasteiger partial charge in [-0.1, -0.05) is 0 Å². The third-order valence-corrected chi connectivity index (χ3v) is 2.57. The van der Waals surface area contributed by atoms with Crippen molar-refractivity contribution in [2.45, 2.75) is 6.92 Å². The number of ether oxygens (including phenoxy) is 2. The van der Waals surface area contributed by atoms with E-state index in [9.17, 15) is 4.79 Å². The molecule has 0 saturated carbocycles. The number of hydrogen-bond donors (Lipinski definition) is 1. The van der Waals surface area contributed by atoms with Gasteiger partial charge in [-0.2, -0.15) is 0 Å². The molecule has 2 rings (SSSR count). The Morgan fingerprint density at radius 2 is 2.00 bits per heavy atom. The van der Waals surface area contributed by atoms with Crippen molar-refractivity contribution in [1.82, 2.24) is 4.98 Å². The zero-order valence-electron chi connectivity index (χ0n) is 9.46. The highest BCUT2D eigenvalue weighted by Crippen LogP contribution is 2.37. The molecule has 0 radical (unpaired) electrons. The second kappa shape index (κ2) is 3.89. The number of ketones is 1. The van der Waals surface area contributed by atoms with Gasteiger partial charge in [0.05, 0.1) is 25.1 Å². The predicted octanol–water partition coefficient (Wildman–Crippen LogP) is 2.39. The van der Waals surface area contributed by atoms with Crippen molar-refractivity contribution in [3.8, 4) is 11.5 Å². The first-order valence-corrected chi connectivity index (χ1v) is 4.92. The molecule has 0 fully saturated rings. The third-order valence-electron chi connectivity index (χ3n) is 2.57. The molecule has 0 unspecified atom stereocenters. The van der Waals surface area contributed by atoms with Gasteiger partial charge in [-0.05, 0) is 19.1 Å². The highest BCUT2D eigenvalue weighted by molar-refractivity contribution is 6.09. The number of carbonyl (C=O) groups excluding carboxylic acids is 1. The number of rotatable bonds is 3. The van der Waals surface area contributed by atoms with Crippen molar-refractivity contribution >= 4 is 16.7 Å². The summed E-state index contributed by atoms with van der Waals surface area (Å²) < 4.78 is 10.5. The number of aromatic nitrogens is 1. The smallest absolute Gasteiger partial charge is 0.170 e. The number of benzene rings is 1. The number of H-pyrrole nitrogens is 1. The topological polar surface area (TPSA) is 51.3 Å². The largest absolute Gasteiger partial charge is 0.493 e. The molecule has 0 bridgehead atoms. The van der Waals surface area contributed by atoms with Gasteiger partial charge in [0.2, 0.25) is 0 Å². The van der Waals surface area contributed by atoms with E-state index >= 15 is 0 Å². The zero-order chi connectivity index (χ0) is 11.7. The van der Waals surface area contributed by atoms with Crippen molar-refractivity contribution in [3.05, 3.63) is 23.9 Å². The molecule has 0 aliphatic rings. The fraction of sp³-hybridized carbons (Fsp3) is 0.250. The molecule has 0 spiro atoms. The average molecular weight is 219 g/mol. The Kier molecular flexibility index (Phi) is 2.56. The minimum absolute atomic E-state index is 0.00203. The Morgan fingerprint density at radius 1 is 1.25 bits per heavy atom. The maximum Gasteiger partial charge on any atom is 0.170 e. The fourth-order valence-corrected chi connectivity index (χ4v) is 1.81. The minimum Gasteiger partial charge on any atom is -0.493 e. The first kappa shape index (κ1) is 10.5. The van der Waals surface area contributed by atoms with Crippen molar-refractivity contribution in [1.29, 1.82) is 0 Å². The Balaban J connectivity index is 2.82. The number of aromatic amines is 1. The van der Waals surface area contributed by atoms with E-state index < -0.39 is 0 Å². The van der Waals surface area contributed by atoms with Crippen molar-refractivity contribution < 1.29 is 14.3 Å². The number of fused-ring (bicyclic) bond motifs is 1. The van der Waals surface area contributed by atoms with E-state index in [4.69, 9.17) is 9.47 Å². The summed E-state index contributed by atoms with van der Waals surface area (Å²) in [6, 6.07) is 3.67.